The molecule has 6 rings (SSSR count). The van der Waals surface area contributed by atoms with Crippen LogP contribution in [-0.4, -0.2) is 24.2 Å². The van der Waals surface area contributed by atoms with Gasteiger partial charge in [-0.15, -0.1) is 0 Å². The molecule has 186 valence electrons. The Morgan fingerprint density at radius 2 is 1.95 bits per heavy atom. The minimum absolute atomic E-state index is 0.0395. The maximum Gasteiger partial charge on any atom is 0.265 e. The first kappa shape index (κ1) is 23.1. The lowest BCUT2D eigenvalue weighted by atomic mass is 10.0. The summed E-state index contributed by atoms with van der Waals surface area (Å²) >= 11 is 0. The van der Waals surface area contributed by atoms with E-state index < -0.39 is 11.4 Å². The standard InChI is InChI=1S/C29H26FN5O2/c1-34-9-7-17(15-34)11-27-32-24(14-26(31)33-27)21-3-2-4-25(22(21)16-36)35-10-8-19-12-20(18-5-6-18)13-23(30)28(19)29(35)37/h2-4,7-10,12-15,18,36H,5-6,11,16H2,1H3,(H2,31,32,33). The van der Waals surface area contributed by atoms with Crippen molar-refractivity contribution < 1.29 is 9.50 Å². The van der Waals surface area contributed by atoms with Crippen LogP contribution in [0.5, 0.6) is 0 Å². The highest BCUT2D eigenvalue weighted by Gasteiger charge is 2.25. The molecule has 2 aromatic carbocycles. The molecule has 1 saturated carbocycles. The van der Waals surface area contributed by atoms with Gasteiger partial charge in [0.2, 0.25) is 0 Å². The van der Waals surface area contributed by atoms with Crippen molar-refractivity contribution in [1.82, 2.24) is 19.1 Å². The molecular formula is C29H26FN5O2. The third-order valence-corrected chi connectivity index (χ3v) is 6.92. The number of hydrogen-bond acceptors (Lipinski definition) is 5. The van der Waals surface area contributed by atoms with E-state index in [1.165, 1.54) is 10.6 Å². The van der Waals surface area contributed by atoms with Gasteiger partial charge in [-0.05, 0) is 59.5 Å². The fourth-order valence-corrected chi connectivity index (χ4v) is 4.98. The number of halogens is 1. The molecule has 0 unspecified atom stereocenters. The van der Waals surface area contributed by atoms with Gasteiger partial charge >= 0.3 is 0 Å². The van der Waals surface area contributed by atoms with Crippen molar-refractivity contribution in [2.45, 2.75) is 31.8 Å². The largest absolute Gasteiger partial charge is 0.392 e. The van der Waals surface area contributed by atoms with Crippen LogP contribution >= 0.6 is 0 Å². The Labute approximate surface area is 212 Å². The van der Waals surface area contributed by atoms with Crippen molar-refractivity contribution in [3.63, 3.8) is 0 Å². The number of pyridine rings is 1. The molecule has 0 atom stereocenters. The van der Waals surface area contributed by atoms with Gasteiger partial charge in [-0.25, -0.2) is 14.4 Å². The molecule has 0 radical (unpaired) electrons. The van der Waals surface area contributed by atoms with E-state index in [1.807, 2.05) is 42.2 Å². The number of aryl methyl sites for hydroxylation is 1. The number of nitrogens with two attached hydrogens (primary N) is 1. The molecule has 3 N–H and O–H groups in total. The highest BCUT2D eigenvalue weighted by molar-refractivity contribution is 5.83. The van der Waals surface area contributed by atoms with Crippen molar-refractivity contribution in [1.29, 1.82) is 0 Å². The number of benzene rings is 2. The number of aliphatic hydroxyl groups is 1. The molecule has 8 heteroatoms. The Balaban J connectivity index is 1.46. The van der Waals surface area contributed by atoms with Gasteiger partial charge in [0, 0.05) is 49.3 Å². The monoisotopic (exact) mass is 495 g/mol. The highest BCUT2D eigenvalue weighted by atomic mass is 19.1. The quantitative estimate of drug-likeness (QED) is 0.362. The predicted octanol–water partition coefficient (Wildman–Crippen LogP) is 4.47. The van der Waals surface area contributed by atoms with Gasteiger partial charge in [0.15, 0.2) is 0 Å². The van der Waals surface area contributed by atoms with Crippen LogP contribution in [0.2, 0.25) is 0 Å². The number of fused-ring (bicyclic) bond motifs is 1. The van der Waals surface area contributed by atoms with Gasteiger partial charge in [0.1, 0.15) is 17.5 Å². The first-order valence-electron chi connectivity index (χ1n) is 12.2. The molecule has 0 aliphatic heterocycles. The van der Waals surface area contributed by atoms with Crippen molar-refractivity contribution in [3.05, 3.63) is 106 Å². The second-order valence-corrected chi connectivity index (χ2v) is 9.65. The lowest BCUT2D eigenvalue weighted by Crippen LogP contribution is -2.20. The van der Waals surface area contributed by atoms with Crippen LogP contribution in [0.3, 0.4) is 0 Å². The van der Waals surface area contributed by atoms with Crippen molar-refractivity contribution >= 4 is 16.6 Å². The molecule has 3 aromatic heterocycles. The first-order chi connectivity index (χ1) is 17.9. The van der Waals surface area contributed by atoms with E-state index in [0.717, 1.165) is 24.0 Å². The minimum Gasteiger partial charge on any atom is -0.392 e. The molecule has 0 bridgehead atoms. The lowest BCUT2D eigenvalue weighted by Gasteiger charge is -2.16. The summed E-state index contributed by atoms with van der Waals surface area (Å²) in [5.74, 6) is 0.717. The van der Waals surface area contributed by atoms with Gasteiger partial charge in [-0.1, -0.05) is 18.2 Å². The Hall–Kier alpha value is -4.30. The molecule has 0 saturated heterocycles. The number of hydrogen-bond donors (Lipinski definition) is 2. The van der Waals surface area contributed by atoms with Crippen molar-refractivity contribution in [2.24, 2.45) is 7.05 Å². The van der Waals surface area contributed by atoms with Crippen LogP contribution in [0.15, 0.2) is 71.9 Å². The van der Waals surface area contributed by atoms with E-state index in [4.69, 9.17) is 10.7 Å². The number of aromatic nitrogens is 4. The third-order valence-electron chi connectivity index (χ3n) is 6.92. The van der Waals surface area contributed by atoms with Crippen LogP contribution < -0.4 is 11.3 Å². The fourth-order valence-electron chi connectivity index (χ4n) is 4.98. The summed E-state index contributed by atoms with van der Waals surface area (Å²) in [5, 5.41) is 11.0. The van der Waals surface area contributed by atoms with Crippen LogP contribution in [0.4, 0.5) is 10.2 Å². The molecule has 7 nitrogen and oxygen atoms in total. The zero-order valence-electron chi connectivity index (χ0n) is 20.4. The Bertz CT molecular complexity index is 1720. The SMILES string of the molecule is Cn1ccc(Cc2nc(N)cc(-c3cccc(-n4ccc5cc(C6CC6)cc(F)c5c4=O)c3CO)n2)c1. The summed E-state index contributed by atoms with van der Waals surface area (Å²) in [6.45, 7) is -0.350. The van der Waals surface area contributed by atoms with Gasteiger partial charge in [0.05, 0.1) is 23.4 Å². The summed E-state index contributed by atoms with van der Waals surface area (Å²) in [6.07, 6.45) is 8.18. The summed E-state index contributed by atoms with van der Waals surface area (Å²) < 4.78 is 18.4. The maximum atomic E-state index is 15.1. The molecule has 3 heterocycles. The van der Waals surface area contributed by atoms with Gasteiger partial charge in [-0.2, -0.15) is 0 Å². The summed E-state index contributed by atoms with van der Waals surface area (Å²) in [4.78, 5) is 22.6. The Morgan fingerprint density at radius 3 is 2.68 bits per heavy atom. The zero-order valence-corrected chi connectivity index (χ0v) is 20.4. The summed E-state index contributed by atoms with van der Waals surface area (Å²) in [5.41, 5.74) is 9.74. The molecule has 37 heavy (non-hydrogen) atoms. The second kappa shape index (κ2) is 8.97. The average molecular weight is 496 g/mol. The first-order valence-corrected chi connectivity index (χ1v) is 12.2. The van der Waals surface area contributed by atoms with E-state index in [0.29, 0.717) is 51.9 Å². The molecule has 5 aromatic rings. The van der Waals surface area contributed by atoms with E-state index in [-0.39, 0.29) is 12.0 Å². The fraction of sp³-hybridized carbons (Fsp3) is 0.207. The van der Waals surface area contributed by atoms with Crippen LogP contribution in [0.25, 0.3) is 27.7 Å². The number of nitrogen functional groups attached to an aromatic ring is 1. The normalized spacial score (nSPS) is 13.4. The molecular weight excluding hydrogens is 469 g/mol. The molecule has 1 aliphatic rings. The van der Waals surface area contributed by atoms with Crippen LogP contribution in [0, 0.1) is 5.82 Å². The van der Waals surface area contributed by atoms with Gasteiger partial charge < -0.3 is 15.4 Å². The summed E-state index contributed by atoms with van der Waals surface area (Å²) in [6, 6.07) is 14.1. The zero-order chi connectivity index (χ0) is 25.7. The lowest BCUT2D eigenvalue weighted by molar-refractivity contribution is 0.282. The van der Waals surface area contributed by atoms with Crippen molar-refractivity contribution in [3.8, 4) is 16.9 Å². The number of anilines is 1. The van der Waals surface area contributed by atoms with Crippen LogP contribution in [0.1, 0.15) is 41.3 Å². The predicted molar refractivity (Wildman–Crippen MR) is 141 cm³/mol. The molecule has 1 fully saturated rings. The third kappa shape index (κ3) is 4.29. The average Bonchev–Trinajstić information content (AvgIpc) is 3.65. The molecule has 0 spiro atoms. The Kier molecular flexibility index (Phi) is 5.61. The van der Waals surface area contributed by atoms with Gasteiger partial charge in [-0.3, -0.25) is 9.36 Å². The Morgan fingerprint density at radius 1 is 1.11 bits per heavy atom. The number of nitrogens with zero attached hydrogens (tertiary/aromatic N) is 4. The molecule has 0 amide bonds. The van der Waals surface area contributed by atoms with E-state index >= 15 is 4.39 Å². The maximum absolute atomic E-state index is 15.1. The number of rotatable bonds is 6. The molecule has 1 aliphatic carbocycles. The topological polar surface area (TPSA) is 99.0 Å². The van der Waals surface area contributed by atoms with Gasteiger partial charge in [0.25, 0.3) is 5.56 Å². The van der Waals surface area contributed by atoms with E-state index in [9.17, 15) is 9.90 Å². The number of aliphatic hydroxyl groups excluding tert-OH is 1. The minimum atomic E-state index is -0.519. The summed E-state index contributed by atoms with van der Waals surface area (Å²) in [7, 11) is 1.95. The van der Waals surface area contributed by atoms with E-state index in [2.05, 4.69) is 4.98 Å². The second-order valence-electron chi connectivity index (χ2n) is 9.65. The smallest absolute Gasteiger partial charge is 0.265 e. The van der Waals surface area contributed by atoms with Crippen LogP contribution in [-0.2, 0) is 20.1 Å². The highest BCUT2D eigenvalue weighted by Crippen LogP contribution is 2.41. The van der Waals surface area contributed by atoms with Crippen molar-refractivity contribution in [2.75, 3.05) is 5.73 Å². The van der Waals surface area contributed by atoms with E-state index in [1.54, 1.807) is 30.5 Å².